The zero-order valence-corrected chi connectivity index (χ0v) is 21.4. The Labute approximate surface area is 192 Å². The van der Waals surface area contributed by atoms with Crippen molar-refractivity contribution in [2.75, 3.05) is 0 Å². The van der Waals surface area contributed by atoms with E-state index in [-0.39, 0.29) is 5.41 Å². The van der Waals surface area contributed by atoms with Crippen LogP contribution in [0.5, 0.6) is 0 Å². The molecular formula is C30H48O. The summed E-state index contributed by atoms with van der Waals surface area (Å²) in [5.74, 6) is 4.91. The summed E-state index contributed by atoms with van der Waals surface area (Å²) in [4.78, 5) is 12.4. The molecule has 0 radical (unpaired) electrons. The zero-order valence-electron chi connectivity index (χ0n) is 21.4. The summed E-state index contributed by atoms with van der Waals surface area (Å²) >= 11 is 0. The lowest BCUT2D eigenvalue weighted by atomic mass is 9.48. The average molecular weight is 425 g/mol. The van der Waals surface area contributed by atoms with Gasteiger partial charge in [-0.25, -0.2) is 0 Å². The molecule has 174 valence electrons. The molecule has 0 aromatic heterocycles. The Morgan fingerprint density at radius 2 is 1.71 bits per heavy atom. The average Bonchev–Trinajstić information content (AvgIpc) is 3.08. The van der Waals surface area contributed by atoms with Crippen molar-refractivity contribution in [3.8, 4) is 0 Å². The molecule has 0 saturated heterocycles. The highest BCUT2D eigenvalue weighted by Crippen LogP contribution is 2.66. The van der Waals surface area contributed by atoms with Crippen molar-refractivity contribution in [3.05, 3.63) is 23.3 Å². The minimum Gasteiger partial charge on any atom is -0.295 e. The summed E-state index contributed by atoms with van der Waals surface area (Å²) in [7, 11) is 0. The van der Waals surface area contributed by atoms with E-state index in [1.165, 1.54) is 57.8 Å². The molecular weight excluding hydrogens is 376 g/mol. The summed E-state index contributed by atoms with van der Waals surface area (Å²) in [6, 6.07) is 0. The number of fused-ring (bicyclic) bond motifs is 4. The van der Waals surface area contributed by atoms with Gasteiger partial charge in [0.25, 0.3) is 0 Å². The predicted octanol–water partition coefficient (Wildman–Crippen LogP) is 8.54. The highest BCUT2D eigenvalue weighted by atomic mass is 16.1. The molecule has 4 rings (SSSR count). The highest BCUT2D eigenvalue weighted by molar-refractivity contribution is 5.96. The van der Waals surface area contributed by atoms with Gasteiger partial charge in [-0.15, -0.1) is 0 Å². The van der Waals surface area contributed by atoms with Crippen molar-refractivity contribution < 1.29 is 4.79 Å². The Morgan fingerprint density at radius 1 is 0.968 bits per heavy atom. The van der Waals surface area contributed by atoms with E-state index in [0.717, 1.165) is 42.1 Å². The highest BCUT2D eigenvalue weighted by Gasteiger charge is 2.56. The van der Waals surface area contributed by atoms with E-state index in [2.05, 4.69) is 48.1 Å². The molecule has 0 aliphatic heterocycles. The molecule has 0 N–H and O–H groups in total. The first-order chi connectivity index (χ1) is 14.6. The van der Waals surface area contributed by atoms with Gasteiger partial charge in [0.1, 0.15) is 0 Å². The first kappa shape index (κ1) is 23.3. The van der Waals surface area contributed by atoms with Crippen LogP contribution in [0.2, 0.25) is 0 Å². The molecule has 0 aromatic rings. The van der Waals surface area contributed by atoms with Crippen LogP contribution in [-0.2, 0) is 4.79 Å². The van der Waals surface area contributed by atoms with Crippen LogP contribution in [0.15, 0.2) is 23.3 Å². The molecule has 0 bridgehead atoms. The summed E-state index contributed by atoms with van der Waals surface area (Å²) in [6.07, 6.45) is 13.8. The third kappa shape index (κ3) is 3.71. The number of hydrogen-bond acceptors (Lipinski definition) is 1. The lowest BCUT2D eigenvalue weighted by molar-refractivity contribution is -0.120. The number of rotatable bonds is 6. The molecule has 31 heavy (non-hydrogen) atoms. The molecule has 4 aliphatic rings. The fourth-order valence-electron chi connectivity index (χ4n) is 9.00. The molecule has 7 atom stereocenters. The Morgan fingerprint density at radius 3 is 2.39 bits per heavy atom. The van der Waals surface area contributed by atoms with E-state index in [1.807, 2.05) is 11.1 Å². The van der Waals surface area contributed by atoms with Gasteiger partial charge in [-0.05, 0) is 103 Å². The first-order valence-electron chi connectivity index (χ1n) is 13.6. The molecule has 3 saturated carbocycles. The second kappa shape index (κ2) is 8.49. The van der Waals surface area contributed by atoms with Gasteiger partial charge < -0.3 is 0 Å². The van der Waals surface area contributed by atoms with E-state index >= 15 is 0 Å². The lowest BCUT2D eigenvalue weighted by Crippen LogP contribution is -2.48. The third-order valence-electron chi connectivity index (χ3n) is 11.1. The van der Waals surface area contributed by atoms with E-state index in [0.29, 0.717) is 23.0 Å². The van der Waals surface area contributed by atoms with Crippen LogP contribution in [-0.4, -0.2) is 5.78 Å². The van der Waals surface area contributed by atoms with Crippen molar-refractivity contribution in [3.63, 3.8) is 0 Å². The Hall–Kier alpha value is -0.850. The molecule has 0 aromatic carbocycles. The lowest BCUT2D eigenvalue weighted by Gasteiger charge is -2.56. The van der Waals surface area contributed by atoms with Crippen LogP contribution in [0.4, 0.5) is 0 Å². The van der Waals surface area contributed by atoms with Crippen molar-refractivity contribution in [1.82, 2.24) is 0 Å². The summed E-state index contributed by atoms with van der Waals surface area (Å²) < 4.78 is 0. The van der Waals surface area contributed by atoms with Gasteiger partial charge in [0.15, 0.2) is 5.78 Å². The largest absolute Gasteiger partial charge is 0.295 e. The van der Waals surface area contributed by atoms with Gasteiger partial charge in [-0.2, -0.15) is 0 Å². The smallest absolute Gasteiger partial charge is 0.158 e. The van der Waals surface area contributed by atoms with Gasteiger partial charge in [0.2, 0.25) is 0 Å². The molecule has 0 amide bonds. The maximum Gasteiger partial charge on any atom is 0.158 e. The summed E-state index contributed by atoms with van der Waals surface area (Å²) in [5.41, 5.74) is 5.40. The third-order valence-corrected chi connectivity index (χ3v) is 11.1. The topological polar surface area (TPSA) is 17.1 Å². The van der Waals surface area contributed by atoms with Crippen LogP contribution >= 0.6 is 0 Å². The van der Waals surface area contributed by atoms with Crippen molar-refractivity contribution in [2.45, 2.75) is 112 Å². The van der Waals surface area contributed by atoms with E-state index < -0.39 is 0 Å². The molecule has 0 heterocycles. The predicted molar refractivity (Wildman–Crippen MR) is 132 cm³/mol. The minimum atomic E-state index is 0.280. The second-order valence-electron chi connectivity index (χ2n) is 12.7. The minimum absolute atomic E-state index is 0.280. The van der Waals surface area contributed by atoms with Crippen molar-refractivity contribution in [2.24, 2.45) is 46.3 Å². The van der Waals surface area contributed by atoms with Crippen molar-refractivity contribution >= 4 is 5.78 Å². The molecule has 4 aliphatic carbocycles. The number of allylic oxidation sites excluding steroid dienone is 3. The molecule has 7 unspecified atom stereocenters. The number of ketones is 1. The fraction of sp³-hybridized carbons (Fsp3) is 0.833. The standard InChI is InChI=1S/C30H48O/c1-8-22(19(2)3)10-9-20(4)24-13-14-26-23-11-12-25-21(5)28(31)16-18-30(25,7)27(23)15-17-29(24,26)6/h19-20,22,24-25,27H,5,8-18H2,1-4,6-7H3. The first-order valence-corrected chi connectivity index (χ1v) is 13.6. The summed E-state index contributed by atoms with van der Waals surface area (Å²) in [5, 5.41) is 0. The van der Waals surface area contributed by atoms with E-state index in [1.54, 1.807) is 0 Å². The quantitative estimate of drug-likeness (QED) is 0.308. The number of carbonyl (C=O) groups excluding carboxylic acids is 1. The SMILES string of the molecule is C=C1C(=O)CCC2(C)C1CCC1=C3CCC(C(C)CCC(CC)C(C)C)C3(C)CCC12. The molecule has 1 heteroatoms. The maximum absolute atomic E-state index is 12.4. The Balaban J connectivity index is 1.55. The van der Waals surface area contributed by atoms with Crippen LogP contribution in [0, 0.1) is 46.3 Å². The fourth-order valence-corrected chi connectivity index (χ4v) is 9.00. The summed E-state index contributed by atoms with van der Waals surface area (Å²) in [6.45, 7) is 19.2. The number of hydrogen-bond donors (Lipinski definition) is 0. The van der Waals surface area contributed by atoms with Gasteiger partial charge in [0.05, 0.1) is 0 Å². The Kier molecular flexibility index (Phi) is 6.39. The Bertz CT molecular complexity index is 756. The normalized spacial score (nSPS) is 39.9. The monoisotopic (exact) mass is 424 g/mol. The second-order valence-corrected chi connectivity index (χ2v) is 12.7. The molecule has 1 nitrogen and oxygen atoms in total. The van der Waals surface area contributed by atoms with Crippen LogP contribution in [0.25, 0.3) is 0 Å². The maximum atomic E-state index is 12.4. The van der Waals surface area contributed by atoms with E-state index in [4.69, 9.17) is 0 Å². The molecule has 0 spiro atoms. The van der Waals surface area contributed by atoms with Crippen LogP contribution < -0.4 is 0 Å². The van der Waals surface area contributed by atoms with Crippen LogP contribution in [0.3, 0.4) is 0 Å². The van der Waals surface area contributed by atoms with Gasteiger partial charge in [-0.3, -0.25) is 4.79 Å². The van der Waals surface area contributed by atoms with Crippen molar-refractivity contribution in [1.29, 1.82) is 0 Å². The molecule has 3 fully saturated rings. The zero-order chi connectivity index (χ0) is 22.6. The van der Waals surface area contributed by atoms with Gasteiger partial charge >= 0.3 is 0 Å². The number of carbonyl (C=O) groups is 1. The van der Waals surface area contributed by atoms with E-state index in [9.17, 15) is 4.79 Å². The van der Waals surface area contributed by atoms with Gasteiger partial charge in [-0.1, -0.05) is 72.1 Å². The van der Waals surface area contributed by atoms with Gasteiger partial charge in [0, 0.05) is 6.42 Å². The van der Waals surface area contributed by atoms with Crippen LogP contribution in [0.1, 0.15) is 112 Å². The number of Topliss-reactive ketones (excluding diaryl/α,β-unsaturated/α-hetero) is 1.